The van der Waals surface area contributed by atoms with Crippen LogP contribution in [0.15, 0.2) is 36.8 Å². The summed E-state index contributed by atoms with van der Waals surface area (Å²) in [5.41, 5.74) is 6.25. The Morgan fingerprint density at radius 1 is 0.871 bits per heavy atom. The summed E-state index contributed by atoms with van der Waals surface area (Å²) in [6, 6.07) is -1.22. The van der Waals surface area contributed by atoms with Crippen LogP contribution in [0, 0.1) is 11.3 Å². The van der Waals surface area contributed by atoms with Crippen LogP contribution in [-0.4, -0.2) is 148 Å². The summed E-state index contributed by atoms with van der Waals surface area (Å²) in [4.78, 5) is 114. The van der Waals surface area contributed by atoms with E-state index in [2.05, 4.69) is 52.5 Å². The molecule has 6 atom stereocenters. The molecule has 7 amide bonds. The van der Waals surface area contributed by atoms with Crippen molar-refractivity contribution < 1.29 is 48.6 Å². The lowest BCUT2D eigenvalue weighted by atomic mass is 10.00. The first-order valence-corrected chi connectivity index (χ1v) is 20.2. The average Bonchev–Trinajstić information content (AvgIpc) is 3.93. The van der Waals surface area contributed by atoms with Gasteiger partial charge in [-0.3, -0.25) is 43.8 Å². The molecular weight excluding hydrogens is 811 g/mol. The molecule has 2 heterocycles. The first kappa shape index (κ1) is 49.6. The summed E-state index contributed by atoms with van der Waals surface area (Å²) in [6.45, 7) is 4.35. The number of aromatic nitrogens is 2. The van der Waals surface area contributed by atoms with Gasteiger partial charge in [0, 0.05) is 32.1 Å². The number of hydrogen-bond donors (Lipinski definition) is 13. The van der Waals surface area contributed by atoms with E-state index in [9.17, 15) is 48.6 Å². The SMILES string of the molecule is CNCC(=O)N[C@@H](CCCNC(=N)N)C(=O)NCC(=O)N[C@@H](Cc1ccc(O)cc1)C(=O)N[C@H](C(=O)N[C@@H](Cc1c[nH]cn1)C(=O)N1CCC[C@H]1C(=O)N[C@H](C)C(=O)O)C(C)C. The molecule has 62 heavy (non-hydrogen) atoms. The van der Waals surface area contributed by atoms with Crippen molar-refractivity contribution in [3.05, 3.63) is 48.0 Å². The fourth-order valence-electron chi connectivity index (χ4n) is 6.55. The number of phenolic OH excluding ortho intramolecular Hbond substituents is 1. The van der Waals surface area contributed by atoms with Crippen molar-refractivity contribution in [2.75, 3.05) is 33.2 Å². The molecule has 1 aromatic heterocycles. The number of amides is 7. The second-order valence-electron chi connectivity index (χ2n) is 15.2. The molecule has 1 fully saturated rings. The van der Waals surface area contributed by atoms with Gasteiger partial charge in [0.05, 0.1) is 25.1 Å². The highest BCUT2D eigenvalue weighted by molar-refractivity contribution is 5.97. The number of rotatable bonds is 24. The van der Waals surface area contributed by atoms with Crippen LogP contribution in [0.3, 0.4) is 0 Å². The number of likely N-dealkylation sites (tertiary alicyclic amines) is 1. The highest BCUT2D eigenvalue weighted by Gasteiger charge is 2.40. The molecular formula is C39H59N13O10. The summed E-state index contributed by atoms with van der Waals surface area (Å²) in [5.74, 6) is -6.87. The second kappa shape index (κ2) is 24.5. The minimum atomic E-state index is -1.32. The van der Waals surface area contributed by atoms with Gasteiger partial charge >= 0.3 is 5.97 Å². The molecule has 0 aliphatic carbocycles. The zero-order valence-corrected chi connectivity index (χ0v) is 35.2. The van der Waals surface area contributed by atoms with Crippen molar-refractivity contribution >= 4 is 53.3 Å². The number of guanidine groups is 1. The molecule has 23 nitrogen and oxygen atoms in total. The Hall–Kier alpha value is -6.78. The van der Waals surface area contributed by atoms with E-state index in [1.807, 2.05) is 0 Å². The highest BCUT2D eigenvalue weighted by Crippen LogP contribution is 2.20. The second-order valence-corrected chi connectivity index (χ2v) is 15.2. The van der Waals surface area contributed by atoms with E-state index in [4.69, 9.17) is 11.1 Å². The fraction of sp³-hybridized carbons (Fsp3) is 0.538. The smallest absolute Gasteiger partial charge is 0.325 e. The third-order valence-corrected chi connectivity index (χ3v) is 9.82. The molecule has 0 radical (unpaired) electrons. The van der Waals surface area contributed by atoms with Gasteiger partial charge in [-0.2, -0.15) is 0 Å². The van der Waals surface area contributed by atoms with Crippen LogP contribution in [0.5, 0.6) is 5.75 Å². The number of nitrogens with one attached hydrogen (secondary N) is 10. The van der Waals surface area contributed by atoms with E-state index in [-0.39, 0.29) is 57.0 Å². The molecule has 0 spiro atoms. The first-order valence-electron chi connectivity index (χ1n) is 20.2. The molecule has 0 saturated carbocycles. The molecule has 1 saturated heterocycles. The maximum Gasteiger partial charge on any atom is 0.325 e. The number of benzene rings is 1. The number of aromatic amines is 1. The zero-order valence-electron chi connectivity index (χ0n) is 35.2. The molecule has 23 heteroatoms. The van der Waals surface area contributed by atoms with Crippen molar-refractivity contribution in [1.29, 1.82) is 5.41 Å². The molecule has 1 aliphatic heterocycles. The van der Waals surface area contributed by atoms with Gasteiger partial charge in [0.2, 0.25) is 41.4 Å². The largest absolute Gasteiger partial charge is 0.508 e. The number of H-pyrrole nitrogens is 1. The number of carbonyl (C=O) groups is 8. The van der Waals surface area contributed by atoms with Crippen LogP contribution in [-0.2, 0) is 51.2 Å². The summed E-state index contributed by atoms with van der Waals surface area (Å²) >= 11 is 0. The lowest BCUT2D eigenvalue weighted by Crippen LogP contribution is -2.60. The summed E-state index contributed by atoms with van der Waals surface area (Å²) in [7, 11) is 1.55. The summed E-state index contributed by atoms with van der Waals surface area (Å²) in [5, 5.41) is 47.2. The molecule has 2 aromatic rings. The third-order valence-electron chi connectivity index (χ3n) is 9.82. The van der Waals surface area contributed by atoms with Crippen LogP contribution < -0.4 is 48.3 Å². The van der Waals surface area contributed by atoms with Gasteiger partial charge in [-0.05, 0) is 63.3 Å². The average molecular weight is 870 g/mol. The Bertz CT molecular complexity index is 1880. The number of carboxylic acid groups (broad SMARTS) is 1. The quantitative estimate of drug-likeness (QED) is 0.0279. The minimum absolute atomic E-state index is 0.0406. The summed E-state index contributed by atoms with van der Waals surface area (Å²) < 4.78 is 0. The van der Waals surface area contributed by atoms with Crippen molar-refractivity contribution in [3.8, 4) is 5.75 Å². The summed E-state index contributed by atoms with van der Waals surface area (Å²) in [6.07, 6.45) is 3.92. The number of nitrogens with two attached hydrogens (primary N) is 1. The van der Waals surface area contributed by atoms with Gasteiger partial charge in [-0.25, -0.2) is 4.98 Å². The number of phenols is 1. The topological polar surface area (TPSA) is 355 Å². The predicted octanol–water partition coefficient (Wildman–Crippen LogP) is -3.33. The van der Waals surface area contributed by atoms with Gasteiger partial charge in [-0.1, -0.05) is 26.0 Å². The molecule has 1 aliphatic rings. The van der Waals surface area contributed by atoms with Gasteiger partial charge in [0.15, 0.2) is 5.96 Å². The lowest BCUT2D eigenvalue weighted by Gasteiger charge is -2.31. The molecule has 3 rings (SSSR count). The normalized spacial score (nSPS) is 15.8. The maximum absolute atomic E-state index is 14.1. The fourth-order valence-corrected chi connectivity index (χ4v) is 6.55. The van der Waals surface area contributed by atoms with E-state index in [1.165, 1.54) is 48.6 Å². The van der Waals surface area contributed by atoms with Gasteiger partial charge in [0.25, 0.3) is 0 Å². The molecule has 1 aromatic carbocycles. The lowest BCUT2D eigenvalue weighted by molar-refractivity contribution is -0.144. The molecule has 0 bridgehead atoms. The molecule has 14 N–H and O–H groups in total. The Balaban J connectivity index is 1.79. The van der Waals surface area contributed by atoms with Crippen LogP contribution in [0.25, 0.3) is 0 Å². The maximum atomic E-state index is 14.1. The number of aliphatic carboxylic acids is 1. The predicted molar refractivity (Wildman–Crippen MR) is 223 cm³/mol. The van der Waals surface area contributed by atoms with E-state index >= 15 is 0 Å². The van der Waals surface area contributed by atoms with Gasteiger partial charge in [-0.15, -0.1) is 0 Å². The van der Waals surface area contributed by atoms with E-state index in [1.54, 1.807) is 20.9 Å². The van der Waals surface area contributed by atoms with E-state index < -0.39 is 96.0 Å². The number of carboxylic acids is 1. The number of imidazole rings is 1. The monoisotopic (exact) mass is 869 g/mol. The van der Waals surface area contributed by atoms with Crippen LogP contribution in [0.4, 0.5) is 0 Å². The number of likely N-dealkylation sites (N-methyl/N-ethyl adjacent to an activating group) is 1. The number of hydrogen-bond acceptors (Lipinski definition) is 12. The Morgan fingerprint density at radius 2 is 1.55 bits per heavy atom. The number of aromatic hydroxyl groups is 1. The van der Waals surface area contributed by atoms with Crippen molar-refractivity contribution in [3.63, 3.8) is 0 Å². The molecule has 340 valence electrons. The van der Waals surface area contributed by atoms with Gasteiger partial charge in [0.1, 0.15) is 42.0 Å². The van der Waals surface area contributed by atoms with Crippen LogP contribution in [0.2, 0.25) is 0 Å². The third kappa shape index (κ3) is 16.0. The standard InChI is InChI=1S/C39H59N13O10/c1-21(2)32(36(59)50-28(16-24-17-43-20-46-24)37(60)52-14-6-8-29(52)35(58)47-22(3)38(61)62)51-34(57)27(15-23-9-11-25(53)12-10-23)49-31(55)19-45-33(56)26(48-30(54)18-42-4)7-5-13-44-39(40)41/h9-12,17,20-22,26-29,32,42,53H,5-8,13-16,18-19H2,1-4H3,(H,43,46)(H,45,56)(H,47,58)(H,48,54)(H,49,55)(H,50,59)(H,51,57)(H,61,62)(H4,40,41,44)/t22-,26+,27+,28+,29+,32+/m1/s1. The van der Waals surface area contributed by atoms with Crippen molar-refractivity contribution in [2.24, 2.45) is 11.7 Å². The minimum Gasteiger partial charge on any atom is -0.508 e. The van der Waals surface area contributed by atoms with Crippen LogP contribution >= 0.6 is 0 Å². The van der Waals surface area contributed by atoms with Gasteiger partial charge < -0.3 is 68.4 Å². The zero-order chi connectivity index (χ0) is 45.9. The van der Waals surface area contributed by atoms with Crippen molar-refractivity contribution in [1.82, 2.24) is 57.4 Å². The number of carbonyl (C=O) groups excluding carboxylic acids is 7. The van der Waals surface area contributed by atoms with E-state index in [0.717, 1.165) is 0 Å². The van der Waals surface area contributed by atoms with Crippen LogP contribution in [0.1, 0.15) is 57.7 Å². The highest BCUT2D eigenvalue weighted by atomic mass is 16.4. The Morgan fingerprint density at radius 3 is 2.16 bits per heavy atom. The van der Waals surface area contributed by atoms with Crippen molar-refractivity contribution in [2.45, 2.75) is 95.5 Å². The first-order chi connectivity index (χ1) is 29.4. The molecule has 0 unspecified atom stereocenters. The Kier molecular flexibility index (Phi) is 19.6. The Labute approximate surface area is 358 Å². The number of nitrogens with zero attached hydrogens (tertiary/aromatic N) is 2. The van der Waals surface area contributed by atoms with E-state index in [0.29, 0.717) is 24.1 Å².